The second-order valence-electron chi connectivity index (χ2n) is 21.7. The lowest BCUT2D eigenvalue weighted by atomic mass is 10.0. The van der Waals surface area contributed by atoms with Crippen LogP contribution in [0.15, 0.2) is 167 Å². The molecule has 398 valence electrons. The number of hydrogen-bond acceptors (Lipinski definition) is 11. The number of aryl methyl sites for hydroxylation is 2. The summed E-state index contributed by atoms with van der Waals surface area (Å²) in [4.78, 5) is 14.5. The topological polar surface area (TPSA) is 145 Å². The summed E-state index contributed by atoms with van der Waals surface area (Å²) < 4.78 is 58.4. The predicted octanol–water partition coefficient (Wildman–Crippen LogP) is 13.5. The highest BCUT2D eigenvalue weighted by Gasteiger charge is 2.46. The van der Waals surface area contributed by atoms with E-state index in [1.807, 2.05) is 181 Å². The summed E-state index contributed by atoms with van der Waals surface area (Å²) in [6, 6.07) is 53.3. The molecule has 0 amide bonds. The number of ether oxygens (including phenoxy) is 2. The van der Waals surface area contributed by atoms with Crippen LogP contribution in [0.3, 0.4) is 0 Å². The van der Waals surface area contributed by atoms with Gasteiger partial charge in [0.2, 0.25) is 11.8 Å². The summed E-state index contributed by atoms with van der Waals surface area (Å²) >= 11 is 0. The Morgan fingerprint density at radius 2 is 0.976 bits per heavy atom. The van der Waals surface area contributed by atoms with E-state index in [1.165, 1.54) is 0 Å². The Bertz CT molecular complexity index is 4440. The highest BCUT2D eigenvalue weighted by molar-refractivity contribution is 6.49. The van der Waals surface area contributed by atoms with E-state index >= 15 is 0 Å². The number of rotatable bonds is 12. The van der Waals surface area contributed by atoms with Gasteiger partial charge in [0.25, 0.3) is 5.70 Å². The van der Waals surface area contributed by atoms with Crippen molar-refractivity contribution < 1.29 is 36.9 Å². The minimum absolute atomic E-state index is 0.0152. The summed E-state index contributed by atoms with van der Waals surface area (Å²) in [6.07, 6.45) is 0. The molecule has 2 aliphatic heterocycles. The molecule has 0 bridgehead atoms. The SMILES string of the molecule is [C-]#[N+]/C(c1nc2cc(C)ccc2o1)=c1\c2c(-c3cccc(OCC(C)C)c3)n(B3Oc4cc5ccccc5cc4O3)/c(=C(/C#N)c3nc4cc(C)ccc4o3)c2c(-c2cccc(OCC(C)C)c2)n1B1Oc2cc3ccccc3cc2O1. The highest BCUT2D eigenvalue weighted by atomic mass is 16.7. The molecule has 4 aromatic heterocycles. The smallest absolute Gasteiger partial charge is 0.503 e. The average molecular weight is 1080 g/mol. The third-order valence-electron chi connectivity index (χ3n) is 14.7. The monoisotopic (exact) mass is 1080 g/mol. The first kappa shape index (κ1) is 49.9. The molecule has 0 spiro atoms. The Hall–Kier alpha value is -10.3. The van der Waals surface area contributed by atoms with Crippen LogP contribution < -0.4 is 38.8 Å². The fraction of sp³-hybridized carbons (Fsp3) is 0.152. The van der Waals surface area contributed by atoms with Crippen LogP contribution in [-0.2, 0) is 0 Å². The van der Waals surface area contributed by atoms with Gasteiger partial charge in [0.1, 0.15) is 57.2 Å². The normalized spacial score (nSPS) is 13.5. The molecule has 0 aliphatic carbocycles. The van der Waals surface area contributed by atoms with E-state index in [2.05, 4.69) is 38.6 Å². The first-order chi connectivity index (χ1) is 40.0. The quantitative estimate of drug-likeness (QED) is 0.0851. The lowest BCUT2D eigenvalue weighted by molar-refractivity contribution is 0.271. The molecule has 8 aromatic carbocycles. The fourth-order valence-electron chi connectivity index (χ4n) is 11.0. The van der Waals surface area contributed by atoms with E-state index in [0.29, 0.717) is 103 Å². The van der Waals surface area contributed by atoms with E-state index in [9.17, 15) is 11.8 Å². The molecular weight excluding hydrogens is 1030 g/mol. The predicted molar refractivity (Wildman–Crippen MR) is 318 cm³/mol. The van der Waals surface area contributed by atoms with Crippen molar-refractivity contribution in [3.63, 3.8) is 0 Å². The number of nitriles is 1. The summed E-state index contributed by atoms with van der Waals surface area (Å²) in [6.45, 7) is 22.6. The molecule has 0 unspecified atom stereocenters. The number of fused-ring (bicyclic) bond motifs is 7. The molecule has 6 heterocycles. The van der Waals surface area contributed by atoms with Crippen molar-refractivity contribution in [2.45, 2.75) is 41.5 Å². The Morgan fingerprint density at radius 3 is 1.41 bits per heavy atom. The molecule has 14 nitrogen and oxygen atoms in total. The summed E-state index contributed by atoms with van der Waals surface area (Å²) in [5.74, 6) is 3.60. The molecular formula is C66H50B2N6O8. The van der Waals surface area contributed by atoms with E-state index < -0.39 is 14.5 Å². The Kier molecular flexibility index (Phi) is 12.1. The van der Waals surface area contributed by atoms with Gasteiger partial charge in [-0.1, -0.05) is 113 Å². The van der Waals surface area contributed by atoms with Crippen LogP contribution >= 0.6 is 0 Å². The lowest BCUT2D eigenvalue weighted by Crippen LogP contribution is -2.44. The van der Waals surface area contributed by atoms with Crippen LogP contribution in [0.5, 0.6) is 34.5 Å². The molecule has 0 saturated carbocycles. The highest BCUT2D eigenvalue weighted by Crippen LogP contribution is 2.44. The third-order valence-corrected chi connectivity index (χ3v) is 14.7. The molecule has 0 fully saturated rings. The van der Waals surface area contributed by atoms with Gasteiger partial charge < -0.3 is 45.9 Å². The van der Waals surface area contributed by atoms with Gasteiger partial charge in [-0.3, -0.25) is 0 Å². The largest absolute Gasteiger partial charge is 0.743 e. The van der Waals surface area contributed by atoms with Crippen LogP contribution in [0.25, 0.3) is 93.1 Å². The zero-order valence-corrected chi connectivity index (χ0v) is 45.7. The Morgan fingerprint density at radius 1 is 0.549 bits per heavy atom. The summed E-state index contributed by atoms with van der Waals surface area (Å²) in [5, 5.41) is 17.4. The zero-order valence-electron chi connectivity index (χ0n) is 45.7. The van der Waals surface area contributed by atoms with Crippen molar-refractivity contribution >= 4 is 80.3 Å². The number of benzene rings is 8. The average Bonchev–Trinajstić information content (AvgIpc) is 4.40. The molecule has 2 aliphatic rings. The van der Waals surface area contributed by atoms with Crippen molar-refractivity contribution in [2.75, 3.05) is 13.2 Å². The molecule has 12 aromatic rings. The number of oxazole rings is 2. The van der Waals surface area contributed by atoms with Gasteiger partial charge in [-0.25, -0.2) is 14.8 Å². The van der Waals surface area contributed by atoms with Gasteiger partial charge in [-0.05, 0) is 131 Å². The van der Waals surface area contributed by atoms with E-state index in [4.69, 9.17) is 46.9 Å². The molecule has 82 heavy (non-hydrogen) atoms. The minimum Gasteiger partial charge on any atom is -0.503 e. The molecule has 0 saturated heterocycles. The van der Waals surface area contributed by atoms with Crippen LogP contribution in [0, 0.1) is 43.6 Å². The van der Waals surface area contributed by atoms with Gasteiger partial charge in [-0.15, -0.1) is 0 Å². The summed E-state index contributed by atoms with van der Waals surface area (Å²) in [5.41, 5.74) is 6.24. The van der Waals surface area contributed by atoms with Crippen molar-refractivity contribution in [3.8, 4) is 63.1 Å². The van der Waals surface area contributed by atoms with Gasteiger partial charge in [0, 0.05) is 21.9 Å². The van der Waals surface area contributed by atoms with Crippen molar-refractivity contribution in [1.29, 1.82) is 5.26 Å². The first-order valence-electron chi connectivity index (χ1n) is 27.2. The van der Waals surface area contributed by atoms with Crippen LogP contribution in [0.1, 0.15) is 50.6 Å². The second kappa shape index (κ2) is 19.8. The standard InChI is InChI=1S/C66H50B2N6O8/c1-37(2)35-75-47-20-12-18-45(28-47)61-58-59(64(60(70-7)66-72-51-27-40(6)23-25-53(51)78-66)74(61)68-81-56-32-43-16-10-11-17-44(43)33-57(56)82-68)62(46-19-13-21-48(29-46)76-36-38(3)4)73(67-79-54-30-41-14-8-9-15-42(41)31-55(54)80-67)63(58)49(34-69)65-71-50-26-39(5)22-24-52(50)77-65/h8-33,37-38H,35-36H2,1-6H3/b63-49-,64-60+. The molecule has 16 heteroatoms. The van der Waals surface area contributed by atoms with Gasteiger partial charge in [0.15, 0.2) is 11.2 Å². The van der Waals surface area contributed by atoms with E-state index in [-0.39, 0.29) is 45.6 Å². The maximum Gasteiger partial charge on any atom is 0.743 e. The Balaban J connectivity index is 1.21. The maximum atomic E-state index is 12.1. The van der Waals surface area contributed by atoms with Gasteiger partial charge >= 0.3 is 14.5 Å². The van der Waals surface area contributed by atoms with Gasteiger partial charge in [-0.2, -0.15) is 5.26 Å². The van der Waals surface area contributed by atoms with Crippen molar-refractivity contribution in [2.24, 2.45) is 11.8 Å². The first-order valence-corrected chi connectivity index (χ1v) is 27.2. The fourth-order valence-corrected chi connectivity index (χ4v) is 11.0. The van der Waals surface area contributed by atoms with E-state index in [1.54, 1.807) is 0 Å². The van der Waals surface area contributed by atoms with Gasteiger partial charge in [0.05, 0.1) is 41.9 Å². The molecule has 0 atom stereocenters. The molecule has 0 radical (unpaired) electrons. The number of hydrogen-bond donors (Lipinski definition) is 0. The number of aromatic nitrogens is 4. The lowest BCUT2D eigenvalue weighted by Gasteiger charge is -2.17. The third kappa shape index (κ3) is 8.59. The van der Waals surface area contributed by atoms with E-state index in [0.717, 1.165) is 32.7 Å². The minimum atomic E-state index is -1.28. The molecule has 0 N–H and O–H groups in total. The maximum absolute atomic E-state index is 12.1. The van der Waals surface area contributed by atoms with Crippen molar-refractivity contribution in [1.82, 2.24) is 18.9 Å². The number of nitrogens with zero attached hydrogens (tertiary/aromatic N) is 6. The van der Waals surface area contributed by atoms with Crippen LogP contribution in [0.4, 0.5) is 0 Å². The zero-order chi connectivity index (χ0) is 55.9. The Labute approximate surface area is 471 Å². The molecule has 14 rings (SSSR count). The van der Waals surface area contributed by atoms with Crippen LogP contribution in [-0.4, -0.2) is 46.6 Å². The second-order valence-corrected chi connectivity index (χ2v) is 21.7. The van der Waals surface area contributed by atoms with Crippen LogP contribution in [0.2, 0.25) is 0 Å². The van der Waals surface area contributed by atoms with Crippen molar-refractivity contribution in [3.05, 3.63) is 203 Å². The summed E-state index contributed by atoms with van der Waals surface area (Å²) in [7, 11) is -2.56.